The van der Waals surface area contributed by atoms with Crippen LogP contribution in [0.3, 0.4) is 0 Å². The molecule has 0 bridgehead atoms. The third-order valence-electron chi connectivity index (χ3n) is 2.92. The van der Waals surface area contributed by atoms with Crippen molar-refractivity contribution in [1.29, 1.82) is 0 Å². The highest BCUT2D eigenvalue weighted by atomic mass is 35.5. The average Bonchev–Trinajstić information content (AvgIpc) is 2.59. The summed E-state index contributed by atoms with van der Waals surface area (Å²) in [6.07, 6.45) is 4.54. The van der Waals surface area contributed by atoms with E-state index in [2.05, 4.69) is 15.5 Å². The number of amides is 1. The number of carbonyl (C=O) groups excluding carboxylic acids is 1. The van der Waals surface area contributed by atoms with E-state index in [1.165, 1.54) is 12.4 Å². The first-order valence-electron chi connectivity index (χ1n) is 7.48. The number of rotatable bonds is 7. The van der Waals surface area contributed by atoms with Gasteiger partial charge in [-0.05, 0) is 43.7 Å². The van der Waals surface area contributed by atoms with E-state index in [-0.39, 0.29) is 5.91 Å². The first kappa shape index (κ1) is 17.7. The molecule has 1 heterocycles. The van der Waals surface area contributed by atoms with Gasteiger partial charge in [0.05, 0.1) is 30.0 Å². The summed E-state index contributed by atoms with van der Waals surface area (Å²) < 4.78 is 11.0. The zero-order valence-corrected chi connectivity index (χ0v) is 14.2. The number of nitrogens with zero attached hydrogens (tertiary/aromatic N) is 2. The van der Waals surface area contributed by atoms with Gasteiger partial charge in [-0.25, -0.2) is 5.43 Å². The van der Waals surface area contributed by atoms with Gasteiger partial charge in [-0.1, -0.05) is 11.6 Å². The summed E-state index contributed by atoms with van der Waals surface area (Å²) in [5, 5.41) is 4.35. The van der Waals surface area contributed by atoms with Crippen molar-refractivity contribution in [1.82, 2.24) is 10.4 Å². The molecule has 0 unspecified atom stereocenters. The number of halogens is 1. The van der Waals surface area contributed by atoms with E-state index in [1.54, 1.807) is 30.5 Å². The van der Waals surface area contributed by atoms with Crippen LogP contribution in [0.25, 0.3) is 0 Å². The Morgan fingerprint density at radius 1 is 1.33 bits per heavy atom. The van der Waals surface area contributed by atoms with Gasteiger partial charge in [0, 0.05) is 12.4 Å². The van der Waals surface area contributed by atoms with Gasteiger partial charge in [-0.2, -0.15) is 5.10 Å². The van der Waals surface area contributed by atoms with Crippen molar-refractivity contribution >= 4 is 23.7 Å². The molecule has 24 heavy (non-hydrogen) atoms. The topological polar surface area (TPSA) is 72.8 Å². The minimum Gasteiger partial charge on any atom is -0.490 e. The maximum absolute atomic E-state index is 11.9. The van der Waals surface area contributed by atoms with E-state index in [4.69, 9.17) is 21.1 Å². The lowest BCUT2D eigenvalue weighted by Gasteiger charge is -2.13. The summed E-state index contributed by atoms with van der Waals surface area (Å²) in [6.45, 7) is 4.71. The second-order valence-corrected chi connectivity index (χ2v) is 5.04. The Hall–Kier alpha value is -2.60. The Bertz CT molecular complexity index is 721. The standard InChI is InChI=1S/C17H18ClN3O3/c1-3-23-15-9-12(8-14(18)16(15)24-4-2)10-20-21-17(22)13-6-5-7-19-11-13/h5-11H,3-4H2,1-2H3,(H,21,22)/b20-10-. The van der Waals surface area contributed by atoms with Crippen LogP contribution in [0.2, 0.25) is 5.02 Å². The lowest BCUT2D eigenvalue weighted by molar-refractivity contribution is 0.0955. The molecule has 0 radical (unpaired) electrons. The van der Waals surface area contributed by atoms with E-state index in [0.29, 0.717) is 40.9 Å². The summed E-state index contributed by atoms with van der Waals surface area (Å²) in [6, 6.07) is 6.77. The van der Waals surface area contributed by atoms with E-state index in [0.717, 1.165) is 0 Å². The summed E-state index contributed by atoms with van der Waals surface area (Å²) in [5.41, 5.74) is 3.54. The van der Waals surface area contributed by atoms with Crippen molar-refractivity contribution in [3.63, 3.8) is 0 Å². The monoisotopic (exact) mass is 347 g/mol. The molecule has 0 aliphatic rings. The van der Waals surface area contributed by atoms with Crippen molar-refractivity contribution in [2.75, 3.05) is 13.2 Å². The van der Waals surface area contributed by atoms with Crippen molar-refractivity contribution in [3.8, 4) is 11.5 Å². The smallest absolute Gasteiger partial charge is 0.272 e. The van der Waals surface area contributed by atoms with Gasteiger partial charge in [-0.3, -0.25) is 9.78 Å². The molecule has 6 nitrogen and oxygen atoms in total. The first-order valence-corrected chi connectivity index (χ1v) is 7.86. The van der Waals surface area contributed by atoms with Crippen LogP contribution in [0.1, 0.15) is 29.8 Å². The van der Waals surface area contributed by atoms with Crippen LogP contribution in [0.4, 0.5) is 0 Å². The van der Waals surface area contributed by atoms with Gasteiger partial charge in [-0.15, -0.1) is 0 Å². The Balaban J connectivity index is 2.12. The number of nitrogens with one attached hydrogen (secondary N) is 1. The predicted octanol–water partition coefficient (Wildman–Crippen LogP) is 3.30. The van der Waals surface area contributed by atoms with E-state index < -0.39 is 0 Å². The third kappa shape index (κ3) is 4.70. The molecule has 1 amide bonds. The number of hydrazone groups is 1. The maximum atomic E-state index is 11.9. The van der Waals surface area contributed by atoms with Gasteiger partial charge in [0.15, 0.2) is 11.5 Å². The van der Waals surface area contributed by atoms with Gasteiger partial charge >= 0.3 is 0 Å². The van der Waals surface area contributed by atoms with Gasteiger partial charge in [0.2, 0.25) is 0 Å². The summed E-state index contributed by atoms with van der Waals surface area (Å²) in [5.74, 6) is 0.686. The molecule has 0 aliphatic carbocycles. The molecule has 1 N–H and O–H groups in total. The number of aromatic nitrogens is 1. The molecule has 2 rings (SSSR count). The Morgan fingerprint density at radius 2 is 2.12 bits per heavy atom. The Labute approximate surface area is 145 Å². The molecule has 0 saturated carbocycles. The maximum Gasteiger partial charge on any atom is 0.272 e. The summed E-state index contributed by atoms with van der Waals surface area (Å²) in [4.78, 5) is 15.8. The molecule has 0 aliphatic heterocycles. The fourth-order valence-electron chi connectivity index (χ4n) is 1.94. The number of carbonyl (C=O) groups is 1. The number of pyridine rings is 1. The zero-order valence-electron chi connectivity index (χ0n) is 13.5. The molecule has 0 saturated heterocycles. The highest BCUT2D eigenvalue weighted by Gasteiger charge is 2.11. The molecular weight excluding hydrogens is 330 g/mol. The van der Waals surface area contributed by atoms with Crippen LogP contribution in [0.5, 0.6) is 11.5 Å². The quantitative estimate of drug-likeness (QED) is 0.616. The molecule has 126 valence electrons. The Morgan fingerprint density at radius 3 is 2.79 bits per heavy atom. The lowest BCUT2D eigenvalue weighted by atomic mass is 10.2. The third-order valence-corrected chi connectivity index (χ3v) is 3.20. The van der Waals surface area contributed by atoms with Crippen LogP contribution >= 0.6 is 11.6 Å². The van der Waals surface area contributed by atoms with Crippen LogP contribution in [-0.4, -0.2) is 30.3 Å². The van der Waals surface area contributed by atoms with E-state index >= 15 is 0 Å². The second-order valence-electron chi connectivity index (χ2n) is 4.64. The predicted molar refractivity (Wildman–Crippen MR) is 93.1 cm³/mol. The zero-order chi connectivity index (χ0) is 17.4. The second kappa shape index (κ2) is 8.88. The largest absolute Gasteiger partial charge is 0.490 e. The molecule has 7 heteroatoms. The van der Waals surface area contributed by atoms with Crippen molar-refractivity contribution in [2.45, 2.75) is 13.8 Å². The van der Waals surface area contributed by atoms with Crippen LogP contribution in [0, 0.1) is 0 Å². The number of hydrogen-bond donors (Lipinski definition) is 1. The molecular formula is C17H18ClN3O3. The number of benzene rings is 1. The summed E-state index contributed by atoms with van der Waals surface area (Å²) >= 11 is 6.22. The average molecular weight is 348 g/mol. The highest BCUT2D eigenvalue weighted by Crippen LogP contribution is 2.36. The molecule has 1 aromatic heterocycles. The number of hydrogen-bond acceptors (Lipinski definition) is 5. The Kier molecular flexibility index (Phi) is 6.57. The van der Waals surface area contributed by atoms with Gasteiger partial charge < -0.3 is 9.47 Å². The fourth-order valence-corrected chi connectivity index (χ4v) is 2.21. The minimum atomic E-state index is -0.346. The number of ether oxygens (including phenoxy) is 2. The molecule has 0 fully saturated rings. The van der Waals surface area contributed by atoms with Gasteiger partial charge in [0.1, 0.15) is 0 Å². The van der Waals surface area contributed by atoms with Gasteiger partial charge in [0.25, 0.3) is 5.91 Å². The van der Waals surface area contributed by atoms with Crippen molar-refractivity contribution in [2.24, 2.45) is 5.10 Å². The lowest BCUT2D eigenvalue weighted by Crippen LogP contribution is -2.17. The van der Waals surface area contributed by atoms with Crippen molar-refractivity contribution < 1.29 is 14.3 Å². The molecule has 1 aromatic carbocycles. The molecule has 0 atom stereocenters. The van der Waals surface area contributed by atoms with Crippen LogP contribution in [0.15, 0.2) is 41.8 Å². The van der Waals surface area contributed by atoms with Crippen LogP contribution in [-0.2, 0) is 0 Å². The van der Waals surface area contributed by atoms with E-state index in [1.807, 2.05) is 13.8 Å². The molecule has 0 spiro atoms. The van der Waals surface area contributed by atoms with Crippen LogP contribution < -0.4 is 14.9 Å². The first-order chi connectivity index (χ1) is 11.7. The SMILES string of the molecule is CCOc1cc(/C=N\NC(=O)c2cccnc2)cc(Cl)c1OCC. The highest BCUT2D eigenvalue weighted by molar-refractivity contribution is 6.32. The van der Waals surface area contributed by atoms with E-state index in [9.17, 15) is 4.79 Å². The minimum absolute atomic E-state index is 0.346. The fraction of sp³-hybridized carbons (Fsp3) is 0.235. The summed E-state index contributed by atoms with van der Waals surface area (Å²) in [7, 11) is 0. The van der Waals surface area contributed by atoms with Crippen molar-refractivity contribution in [3.05, 3.63) is 52.8 Å². The normalized spacial score (nSPS) is 10.6. The molecule has 2 aromatic rings.